The predicted molar refractivity (Wildman–Crippen MR) is 75.0 cm³/mol. The SMILES string of the molecule is CCCNC(Cc1ncncc1Br)CC(C)C. The molecule has 0 amide bonds. The maximum Gasteiger partial charge on any atom is 0.115 e. The number of aromatic nitrogens is 2. The van der Waals surface area contributed by atoms with E-state index in [0.717, 1.165) is 23.1 Å². The van der Waals surface area contributed by atoms with Crippen molar-refractivity contribution in [3.8, 4) is 0 Å². The van der Waals surface area contributed by atoms with Gasteiger partial charge in [0.1, 0.15) is 6.33 Å². The van der Waals surface area contributed by atoms with Crippen LogP contribution < -0.4 is 5.32 Å². The lowest BCUT2D eigenvalue weighted by atomic mass is 9.99. The van der Waals surface area contributed by atoms with Crippen LogP contribution in [0.1, 0.15) is 39.3 Å². The number of hydrogen-bond acceptors (Lipinski definition) is 3. The van der Waals surface area contributed by atoms with Crippen LogP contribution in [-0.2, 0) is 6.42 Å². The molecule has 0 radical (unpaired) electrons. The summed E-state index contributed by atoms with van der Waals surface area (Å²) < 4.78 is 1.01. The molecule has 3 nitrogen and oxygen atoms in total. The molecular formula is C13H22BrN3. The van der Waals surface area contributed by atoms with E-state index in [-0.39, 0.29) is 0 Å². The van der Waals surface area contributed by atoms with Crippen LogP contribution >= 0.6 is 15.9 Å². The first-order chi connectivity index (χ1) is 8.13. The van der Waals surface area contributed by atoms with Crippen LogP contribution in [0.5, 0.6) is 0 Å². The van der Waals surface area contributed by atoms with Gasteiger partial charge in [0.05, 0.1) is 10.2 Å². The van der Waals surface area contributed by atoms with Crippen LogP contribution in [0.25, 0.3) is 0 Å². The van der Waals surface area contributed by atoms with Gasteiger partial charge in [0.2, 0.25) is 0 Å². The average Bonchev–Trinajstić information content (AvgIpc) is 2.28. The molecule has 0 saturated heterocycles. The van der Waals surface area contributed by atoms with Crippen LogP contribution in [0.4, 0.5) is 0 Å². The standard InChI is InChI=1S/C13H22BrN3/c1-4-5-16-11(6-10(2)3)7-13-12(14)8-15-9-17-13/h8-11,16H,4-7H2,1-3H3. The molecule has 1 aromatic heterocycles. The zero-order valence-corrected chi connectivity index (χ0v) is 12.5. The van der Waals surface area contributed by atoms with Gasteiger partial charge in [-0.3, -0.25) is 0 Å². The molecular weight excluding hydrogens is 278 g/mol. The molecule has 0 aliphatic heterocycles. The van der Waals surface area contributed by atoms with Gasteiger partial charge in [-0.05, 0) is 41.2 Å². The Morgan fingerprint density at radius 1 is 1.41 bits per heavy atom. The zero-order valence-electron chi connectivity index (χ0n) is 10.9. The van der Waals surface area contributed by atoms with Crippen LogP contribution in [0, 0.1) is 5.92 Å². The van der Waals surface area contributed by atoms with Gasteiger partial charge >= 0.3 is 0 Å². The Labute approximate surface area is 113 Å². The first-order valence-corrected chi connectivity index (χ1v) is 7.10. The van der Waals surface area contributed by atoms with Gasteiger partial charge in [-0.15, -0.1) is 0 Å². The minimum atomic E-state index is 0.501. The molecule has 0 saturated carbocycles. The minimum absolute atomic E-state index is 0.501. The number of hydrogen-bond donors (Lipinski definition) is 1. The Bertz CT molecular complexity index is 328. The Hall–Kier alpha value is -0.480. The summed E-state index contributed by atoms with van der Waals surface area (Å²) in [7, 11) is 0. The first kappa shape index (κ1) is 14.6. The van der Waals surface area contributed by atoms with Crippen molar-refractivity contribution in [3.63, 3.8) is 0 Å². The third kappa shape index (κ3) is 5.59. The average molecular weight is 300 g/mol. The lowest BCUT2D eigenvalue weighted by molar-refractivity contribution is 0.413. The maximum atomic E-state index is 4.34. The molecule has 0 fully saturated rings. The van der Waals surface area contributed by atoms with Crippen molar-refractivity contribution in [2.75, 3.05) is 6.54 Å². The number of nitrogens with zero attached hydrogens (tertiary/aromatic N) is 2. The fourth-order valence-electron chi connectivity index (χ4n) is 1.88. The van der Waals surface area contributed by atoms with Crippen LogP contribution in [0.15, 0.2) is 17.0 Å². The lowest BCUT2D eigenvalue weighted by Gasteiger charge is -2.20. The quantitative estimate of drug-likeness (QED) is 0.840. The third-order valence-corrected chi connectivity index (χ3v) is 3.28. The van der Waals surface area contributed by atoms with Gasteiger partial charge in [0, 0.05) is 18.7 Å². The minimum Gasteiger partial charge on any atom is -0.314 e. The Morgan fingerprint density at radius 2 is 2.18 bits per heavy atom. The highest BCUT2D eigenvalue weighted by atomic mass is 79.9. The van der Waals surface area contributed by atoms with E-state index in [9.17, 15) is 0 Å². The second kappa shape index (κ2) is 7.77. The molecule has 0 aliphatic rings. The molecule has 96 valence electrons. The fourth-order valence-corrected chi connectivity index (χ4v) is 2.26. The van der Waals surface area contributed by atoms with Crippen molar-refractivity contribution in [3.05, 3.63) is 22.7 Å². The summed E-state index contributed by atoms with van der Waals surface area (Å²) in [4.78, 5) is 8.33. The van der Waals surface area contributed by atoms with E-state index < -0.39 is 0 Å². The van der Waals surface area contributed by atoms with Gasteiger partial charge in [-0.2, -0.15) is 0 Å². The van der Waals surface area contributed by atoms with Crippen LogP contribution in [0.2, 0.25) is 0 Å². The fraction of sp³-hybridized carbons (Fsp3) is 0.692. The zero-order chi connectivity index (χ0) is 12.7. The van der Waals surface area contributed by atoms with Gasteiger partial charge in [-0.1, -0.05) is 20.8 Å². The number of halogens is 1. The summed E-state index contributed by atoms with van der Waals surface area (Å²) in [6.07, 6.45) is 6.73. The van der Waals surface area contributed by atoms with E-state index in [4.69, 9.17) is 0 Å². The molecule has 1 aromatic rings. The molecule has 1 atom stereocenters. The van der Waals surface area contributed by atoms with E-state index in [1.807, 2.05) is 6.20 Å². The van der Waals surface area contributed by atoms with Crippen molar-refractivity contribution in [2.24, 2.45) is 5.92 Å². The van der Waals surface area contributed by atoms with Gasteiger partial charge in [-0.25, -0.2) is 9.97 Å². The topological polar surface area (TPSA) is 37.8 Å². The first-order valence-electron chi connectivity index (χ1n) is 6.31. The molecule has 0 bridgehead atoms. The second-order valence-electron chi connectivity index (χ2n) is 4.80. The molecule has 17 heavy (non-hydrogen) atoms. The van der Waals surface area contributed by atoms with E-state index in [1.54, 1.807) is 6.33 Å². The summed E-state index contributed by atoms with van der Waals surface area (Å²) >= 11 is 3.51. The van der Waals surface area contributed by atoms with Crippen molar-refractivity contribution < 1.29 is 0 Å². The summed E-state index contributed by atoms with van der Waals surface area (Å²) in [5.74, 6) is 0.699. The van der Waals surface area contributed by atoms with E-state index in [1.165, 1.54) is 12.8 Å². The monoisotopic (exact) mass is 299 g/mol. The predicted octanol–water partition coefficient (Wildman–Crippen LogP) is 3.20. The number of nitrogens with one attached hydrogen (secondary N) is 1. The normalized spacial score (nSPS) is 13.0. The van der Waals surface area contributed by atoms with Gasteiger partial charge in [0.15, 0.2) is 0 Å². The molecule has 1 unspecified atom stereocenters. The molecule has 4 heteroatoms. The Kier molecular flexibility index (Phi) is 6.66. The summed E-state index contributed by atoms with van der Waals surface area (Å²) in [5, 5.41) is 3.60. The van der Waals surface area contributed by atoms with E-state index in [0.29, 0.717) is 12.0 Å². The highest BCUT2D eigenvalue weighted by molar-refractivity contribution is 9.10. The summed E-state index contributed by atoms with van der Waals surface area (Å²) in [6, 6.07) is 0.501. The highest BCUT2D eigenvalue weighted by Gasteiger charge is 2.13. The second-order valence-corrected chi connectivity index (χ2v) is 5.66. The van der Waals surface area contributed by atoms with E-state index in [2.05, 4.69) is 52.0 Å². The van der Waals surface area contributed by atoms with Crippen molar-refractivity contribution >= 4 is 15.9 Å². The number of rotatable bonds is 7. The van der Waals surface area contributed by atoms with Gasteiger partial charge in [0.25, 0.3) is 0 Å². The molecule has 0 aliphatic carbocycles. The van der Waals surface area contributed by atoms with Crippen molar-refractivity contribution in [1.82, 2.24) is 15.3 Å². The molecule has 0 spiro atoms. The Balaban J connectivity index is 2.61. The molecule has 1 rings (SSSR count). The third-order valence-electron chi connectivity index (χ3n) is 2.62. The van der Waals surface area contributed by atoms with E-state index >= 15 is 0 Å². The Morgan fingerprint density at radius 3 is 2.76 bits per heavy atom. The molecule has 1 heterocycles. The van der Waals surface area contributed by atoms with Crippen molar-refractivity contribution in [2.45, 2.75) is 46.1 Å². The van der Waals surface area contributed by atoms with Crippen LogP contribution in [0.3, 0.4) is 0 Å². The van der Waals surface area contributed by atoms with Gasteiger partial charge < -0.3 is 5.32 Å². The largest absolute Gasteiger partial charge is 0.314 e. The smallest absolute Gasteiger partial charge is 0.115 e. The summed E-state index contributed by atoms with van der Waals surface area (Å²) in [5.41, 5.74) is 1.09. The summed E-state index contributed by atoms with van der Waals surface area (Å²) in [6.45, 7) is 7.78. The van der Waals surface area contributed by atoms with Crippen LogP contribution in [-0.4, -0.2) is 22.6 Å². The lowest BCUT2D eigenvalue weighted by Crippen LogP contribution is -2.33. The molecule has 1 N–H and O–H groups in total. The highest BCUT2D eigenvalue weighted by Crippen LogP contribution is 2.16. The maximum absolute atomic E-state index is 4.34. The van der Waals surface area contributed by atoms with Crippen molar-refractivity contribution in [1.29, 1.82) is 0 Å². The molecule has 0 aromatic carbocycles.